The lowest BCUT2D eigenvalue weighted by Gasteiger charge is -2.24. The van der Waals surface area contributed by atoms with Gasteiger partial charge >= 0.3 is 0 Å². The molecule has 0 spiro atoms. The highest BCUT2D eigenvalue weighted by Crippen LogP contribution is 2.26. The molecule has 8 heteroatoms. The van der Waals surface area contributed by atoms with Crippen LogP contribution < -0.4 is 5.32 Å². The van der Waals surface area contributed by atoms with Crippen molar-refractivity contribution in [1.29, 1.82) is 0 Å². The summed E-state index contributed by atoms with van der Waals surface area (Å²) in [5, 5.41) is 10.5. The Morgan fingerprint density at radius 3 is 2.85 bits per heavy atom. The molecule has 1 aliphatic rings. The minimum absolute atomic E-state index is 0.0600. The van der Waals surface area contributed by atoms with Gasteiger partial charge in [-0.25, -0.2) is 13.5 Å². The lowest BCUT2D eigenvalue weighted by molar-refractivity contribution is -0.00177. The van der Waals surface area contributed by atoms with Crippen molar-refractivity contribution >= 4 is 5.91 Å². The summed E-state index contributed by atoms with van der Waals surface area (Å²) in [5.41, 5.74) is 1.76. The maximum absolute atomic E-state index is 13.7. The molecule has 4 rings (SSSR count). The van der Waals surface area contributed by atoms with E-state index in [2.05, 4.69) is 15.6 Å². The van der Waals surface area contributed by atoms with Crippen LogP contribution in [-0.2, 0) is 24.4 Å². The molecule has 1 aromatic heterocycles. The number of nitrogens with one attached hydrogen (secondary N) is 1. The largest absolute Gasteiger partial charge is 0.365 e. The van der Waals surface area contributed by atoms with E-state index in [-0.39, 0.29) is 30.5 Å². The lowest BCUT2D eigenvalue weighted by Crippen LogP contribution is -2.27. The Labute approximate surface area is 153 Å². The first kappa shape index (κ1) is 17.3. The number of nitrogens with zero attached hydrogens (tertiary/aromatic N) is 3. The average molecular weight is 370 g/mol. The van der Waals surface area contributed by atoms with Crippen molar-refractivity contribution in [3.8, 4) is 0 Å². The molecule has 0 aliphatic carbocycles. The number of amides is 1. The minimum atomic E-state index is -0.587. The van der Waals surface area contributed by atoms with Crippen molar-refractivity contribution in [2.45, 2.75) is 25.8 Å². The van der Waals surface area contributed by atoms with E-state index in [4.69, 9.17) is 4.74 Å². The van der Waals surface area contributed by atoms with Crippen molar-refractivity contribution in [2.24, 2.45) is 0 Å². The molecular weight excluding hydrogens is 354 g/mol. The van der Waals surface area contributed by atoms with E-state index in [1.54, 1.807) is 4.68 Å². The zero-order valence-corrected chi connectivity index (χ0v) is 14.2. The minimum Gasteiger partial charge on any atom is -0.365 e. The summed E-state index contributed by atoms with van der Waals surface area (Å²) in [6, 6.07) is 12.8. The molecule has 1 atom stereocenters. The molecule has 1 aliphatic heterocycles. The van der Waals surface area contributed by atoms with Crippen molar-refractivity contribution < 1.29 is 18.3 Å². The number of fused-ring (bicyclic) bond motifs is 1. The van der Waals surface area contributed by atoms with E-state index < -0.39 is 17.5 Å². The Morgan fingerprint density at radius 2 is 2.04 bits per heavy atom. The maximum atomic E-state index is 13.7. The monoisotopic (exact) mass is 370 g/mol. The Morgan fingerprint density at radius 1 is 1.22 bits per heavy atom. The molecule has 0 saturated carbocycles. The highest BCUT2D eigenvalue weighted by Gasteiger charge is 2.27. The summed E-state index contributed by atoms with van der Waals surface area (Å²) in [7, 11) is 0. The number of halogens is 2. The third-order valence-electron chi connectivity index (χ3n) is 4.43. The Hall–Kier alpha value is -3.13. The van der Waals surface area contributed by atoms with Gasteiger partial charge in [0.15, 0.2) is 5.69 Å². The molecular formula is C19H16F2N4O2. The highest BCUT2D eigenvalue weighted by molar-refractivity contribution is 5.93. The van der Waals surface area contributed by atoms with Gasteiger partial charge in [0.2, 0.25) is 0 Å². The molecule has 3 aromatic rings. The Balaban J connectivity index is 1.46. The molecule has 2 heterocycles. The van der Waals surface area contributed by atoms with Crippen molar-refractivity contribution in [3.63, 3.8) is 0 Å². The summed E-state index contributed by atoms with van der Waals surface area (Å²) in [4.78, 5) is 12.4. The van der Waals surface area contributed by atoms with E-state index in [1.807, 2.05) is 30.3 Å². The van der Waals surface area contributed by atoms with Crippen molar-refractivity contribution in [2.75, 3.05) is 0 Å². The normalized spacial score (nSPS) is 16.0. The summed E-state index contributed by atoms with van der Waals surface area (Å²) in [5.74, 6) is -1.67. The van der Waals surface area contributed by atoms with E-state index in [1.165, 1.54) is 0 Å². The SMILES string of the molecule is O=C(NCc1cc(F)ccc1F)c1nnn2c1COC(c1ccccc1)C2. The van der Waals surface area contributed by atoms with Crippen LogP contribution in [0.3, 0.4) is 0 Å². The second-order valence-corrected chi connectivity index (χ2v) is 6.20. The van der Waals surface area contributed by atoms with Crippen LogP contribution >= 0.6 is 0 Å². The molecule has 1 amide bonds. The van der Waals surface area contributed by atoms with Gasteiger partial charge in [0.25, 0.3) is 5.91 Å². The number of benzene rings is 2. The van der Waals surface area contributed by atoms with Gasteiger partial charge in [0.1, 0.15) is 17.7 Å². The predicted octanol–water partition coefficient (Wildman–Crippen LogP) is 2.76. The number of hydrogen-bond acceptors (Lipinski definition) is 4. The molecule has 138 valence electrons. The fourth-order valence-corrected chi connectivity index (χ4v) is 3.00. The van der Waals surface area contributed by atoms with Crippen LogP contribution in [0.1, 0.15) is 33.4 Å². The number of rotatable bonds is 4. The van der Waals surface area contributed by atoms with Gasteiger partial charge in [-0.1, -0.05) is 35.5 Å². The Bertz CT molecular complexity index is 975. The summed E-state index contributed by atoms with van der Waals surface area (Å²) < 4.78 is 34.4. The van der Waals surface area contributed by atoms with Gasteiger partial charge < -0.3 is 10.1 Å². The zero-order chi connectivity index (χ0) is 18.8. The van der Waals surface area contributed by atoms with Crippen LogP contribution in [0.15, 0.2) is 48.5 Å². The van der Waals surface area contributed by atoms with Gasteiger partial charge in [-0.2, -0.15) is 0 Å². The standard InChI is InChI=1S/C19H16F2N4O2/c20-14-6-7-15(21)13(8-14)9-22-19(26)18-16-11-27-17(10-25(16)24-23-18)12-4-2-1-3-5-12/h1-8,17H,9-11H2,(H,22,26). The van der Waals surface area contributed by atoms with Crippen molar-refractivity contribution in [1.82, 2.24) is 20.3 Å². The maximum Gasteiger partial charge on any atom is 0.274 e. The molecule has 1 unspecified atom stereocenters. The van der Waals surface area contributed by atoms with Gasteiger partial charge in [0, 0.05) is 12.1 Å². The van der Waals surface area contributed by atoms with E-state index in [0.29, 0.717) is 12.2 Å². The zero-order valence-electron chi connectivity index (χ0n) is 14.2. The molecule has 0 fully saturated rings. The number of ether oxygens (including phenoxy) is 1. The van der Waals surface area contributed by atoms with E-state index in [9.17, 15) is 13.6 Å². The topological polar surface area (TPSA) is 69.0 Å². The van der Waals surface area contributed by atoms with Gasteiger partial charge in [-0.05, 0) is 23.8 Å². The smallest absolute Gasteiger partial charge is 0.274 e. The number of carbonyl (C=O) groups excluding carboxylic acids is 1. The molecule has 0 bridgehead atoms. The number of hydrogen-bond donors (Lipinski definition) is 1. The van der Waals surface area contributed by atoms with Crippen LogP contribution in [0.2, 0.25) is 0 Å². The first-order valence-corrected chi connectivity index (χ1v) is 8.43. The van der Waals surface area contributed by atoms with Crippen LogP contribution in [0.4, 0.5) is 8.78 Å². The molecule has 27 heavy (non-hydrogen) atoms. The van der Waals surface area contributed by atoms with Gasteiger partial charge in [-0.3, -0.25) is 4.79 Å². The molecule has 1 N–H and O–H groups in total. The Kier molecular flexibility index (Phi) is 4.64. The fourth-order valence-electron chi connectivity index (χ4n) is 3.00. The molecule has 0 radical (unpaired) electrons. The van der Waals surface area contributed by atoms with E-state index >= 15 is 0 Å². The first-order valence-electron chi connectivity index (χ1n) is 8.43. The second kappa shape index (κ2) is 7.24. The first-order chi connectivity index (χ1) is 13.1. The summed E-state index contributed by atoms with van der Waals surface area (Å²) in [6.45, 7) is 0.476. The number of carbonyl (C=O) groups is 1. The van der Waals surface area contributed by atoms with Crippen LogP contribution in [0, 0.1) is 11.6 Å². The predicted molar refractivity (Wildman–Crippen MR) is 91.5 cm³/mol. The third-order valence-corrected chi connectivity index (χ3v) is 4.43. The van der Waals surface area contributed by atoms with Gasteiger partial charge in [-0.15, -0.1) is 5.10 Å². The van der Waals surface area contributed by atoms with E-state index in [0.717, 1.165) is 23.8 Å². The number of aromatic nitrogens is 3. The quantitative estimate of drug-likeness (QED) is 0.767. The van der Waals surface area contributed by atoms with Gasteiger partial charge in [0.05, 0.1) is 18.8 Å². The van der Waals surface area contributed by atoms with Crippen LogP contribution in [0.5, 0.6) is 0 Å². The summed E-state index contributed by atoms with van der Waals surface area (Å²) in [6.07, 6.45) is -0.169. The lowest BCUT2D eigenvalue weighted by atomic mass is 10.1. The second-order valence-electron chi connectivity index (χ2n) is 6.20. The average Bonchev–Trinajstić information content (AvgIpc) is 3.12. The summed E-state index contributed by atoms with van der Waals surface area (Å²) >= 11 is 0. The molecule has 2 aromatic carbocycles. The molecule has 6 nitrogen and oxygen atoms in total. The van der Waals surface area contributed by atoms with Crippen LogP contribution in [0.25, 0.3) is 0 Å². The third kappa shape index (κ3) is 3.56. The molecule has 0 saturated heterocycles. The van der Waals surface area contributed by atoms with Crippen molar-refractivity contribution in [3.05, 3.63) is 82.7 Å². The fraction of sp³-hybridized carbons (Fsp3) is 0.211. The van der Waals surface area contributed by atoms with Crippen LogP contribution in [-0.4, -0.2) is 20.9 Å². The highest BCUT2D eigenvalue weighted by atomic mass is 19.1.